The molecule has 2 aromatic rings. The van der Waals surface area contributed by atoms with Crippen molar-refractivity contribution in [1.29, 1.82) is 0 Å². The van der Waals surface area contributed by atoms with E-state index in [2.05, 4.69) is 6.92 Å². The standard InChI is InChI=1S/C28H36O8/c1-4-5-6-23-18-27-28(19-24(23)21(3)30)36-16-12-32-10-14-34-26-17-22(20(2)29)7-8-25(26)33-13-9-31-11-15-35-27/h7-8,17-19H,4-6,9-16H2,1-3H3. The van der Waals surface area contributed by atoms with Crippen molar-refractivity contribution in [2.45, 2.75) is 40.0 Å². The van der Waals surface area contributed by atoms with Gasteiger partial charge in [-0.2, -0.15) is 0 Å². The van der Waals surface area contributed by atoms with Gasteiger partial charge < -0.3 is 28.4 Å². The molecule has 0 radical (unpaired) electrons. The van der Waals surface area contributed by atoms with Crippen molar-refractivity contribution in [3.8, 4) is 23.0 Å². The second-order valence-electron chi connectivity index (χ2n) is 8.45. The second kappa shape index (κ2) is 14.5. The Morgan fingerprint density at radius 3 is 1.72 bits per heavy atom. The number of carbonyl (C=O) groups is 2. The predicted octanol–water partition coefficient (Wildman–Crippen LogP) is 4.70. The number of unbranched alkanes of at least 4 members (excludes halogenated alkanes) is 1. The first-order valence-corrected chi connectivity index (χ1v) is 12.5. The summed E-state index contributed by atoms with van der Waals surface area (Å²) >= 11 is 0. The average Bonchev–Trinajstić information content (AvgIpc) is 2.86. The molecule has 0 saturated heterocycles. The first kappa shape index (κ1) is 27.5. The van der Waals surface area contributed by atoms with Gasteiger partial charge in [0.05, 0.1) is 26.4 Å². The van der Waals surface area contributed by atoms with E-state index in [9.17, 15) is 9.59 Å². The fourth-order valence-corrected chi connectivity index (χ4v) is 3.73. The molecule has 0 bridgehead atoms. The van der Waals surface area contributed by atoms with E-state index in [0.29, 0.717) is 73.8 Å². The van der Waals surface area contributed by atoms with E-state index >= 15 is 0 Å². The topological polar surface area (TPSA) is 89.5 Å². The van der Waals surface area contributed by atoms with Crippen molar-refractivity contribution in [1.82, 2.24) is 0 Å². The van der Waals surface area contributed by atoms with Crippen molar-refractivity contribution in [3.05, 3.63) is 47.0 Å². The number of ketones is 2. The molecule has 36 heavy (non-hydrogen) atoms. The molecule has 0 atom stereocenters. The lowest BCUT2D eigenvalue weighted by atomic mass is 9.98. The van der Waals surface area contributed by atoms with Crippen LogP contribution >= 0.6 is 0 Å². The maximum atomic E-state index is 12.3. The van der Waals surface area contributed by atoms with Gasteiger partial charge in [-0.1, -0.05) is 13.3 Å². The summed E-state index contributed by atoms with van der Waals surface area (Å²) < 4.78 is 34.9. The first-order valence-electron chi connectivity index (χ1n) is 12.5. The Morgan fingerprint density at radius 1 is 0.667 bits per heavy atom. The number of hydrogen-bond donors (Lipinski definition) is 0. The van der Waals surface area contributed by atoms with Crippen LogP contribution in [0, 0.1) is 0 Å². The summed E-state index contributed by atoms with van der Waals surface area (Å²) in [6.45, 7) is 7.76. The number of ether oxygens (including phenoxy) is 6. The smallest absolute Gasteiger partial charge is 0.162 e. The number of rotatable bonds is 5. The minimum Gasteiger partial charge on any atom is -0.487 e. The SMILES string of the molecule is CCCCc1cc2c(cc1C(C)=O)OCCOCCOc1cc(C(C)=O)ccc1OCCOCCO2. The van der Waals surface area contributed by atoms with Crippen molar-refractivity contribution in [2.75, 3.05) is 52.9 Å². The van der Waals surface area contributed by atoms with E-state index < -0.39 is 0 Å². The molecule has 1 heterocycles. The summed E-state index contributed by atoms with van der Waals surface area (Å²) in [6.07, 6.45) is 2.82. The van der Waals surface area contributed by atoms with Crippen LogP contribution in [-0.2, 0) is 15.9 Å². The lowest BCUT2D eigenvalue weighted by Gasteiger charge is -2.18. The minimum atomic E-state index is -0.0525. The van der Waals surface area contributed by atoms with Gasteiger partial charge in [-0.05, 0) is 62.6 Å². The van der Waals surface area contributed by atoms with Gasteiger partial charge in [0.2, 0.25) is 0 Å². The highest BCUT2D eigenvalue weighted by Gasteiger charge is 2.16. The molecule has 0 N–H and O–H groups in total. The maximum Gasteiger partial charge on any atom is 0.162 e. The number of aryl methyl sites for hydroxylation is 1. The molecule has 0 aliphatic carbocycles. The lowest BCUT2D eigenvalue weighted by Crippen LogP contribution is -2.16. The number of benzene rings is 2. The summed E-state index contributed by atoms with van der Waals surface area (Å²) in [5, 5.41) is 0. The van der Waals surface area contributed by atoms with Gasteiger partial charge in [-0.25, -0.2) is 0 Å². The van der Waals surface area contributed by atoms with E-state index in [1.807, 2.05) is 6.07 Å². The summed E-state index contributed by atoms with van der Waals surface area (Å²) in [5.74, 6) is 2.07. The normalized spacial score (nSPS) is 15.4. The molecule has 1 aliphatic rings. The van der Waals surface area contributed by atoms with E-state index in [0.717, 1.165) is 24.8 Å². The fourth-order valence-electron chi connectivity index (χ4n) is 3.73. The van der Waals surface area contributed by atoms with Gasteiger partial charge in [0.15, 0.2) is 34.6 Å². The van der Waals surface area contributed by atoms with Crippen LogP contribution in [0.4, 0.5) is 0 Å². The molecule has 0 spiro atoms. The van der Waals surface area contributed by atoms with Gasteiger partial charge in [-0.3, -0.25) is 9.59 Å². The lowest BCUT2D eigenvalue weighted by molar-refractivity contribution is 0.0639. The monoisotopic (exact) mass is 500 g/mol. The highest BCUT2D eigenvalue weighted by atomic mass is 16.6. The van der Waals surface area contributed by atoms with Crippen molar-refractivity contribution in [3.63, 3.8) is 0 Å². The largest absolute Gasteiger partial charge is 0.487 e. The molecule has 196 valence electrons. The van der Waals surface area contributed by atoms with Crippen LogP contribution in [0.1, 0.15) is 59.9 Å². The molecule has 0 saturated carbocycles. The second-order valence-corrected chi connectivity index (χ2v) is 8.45. The van der Waals surface area contributed by atoms with Gasteiger partial charge in [0.1, 0.15) is 26.4 Å². The summed E-state index contributed by atoms with van der Waals surface area (Å²) in [4.78, 5) is 24.0. The average molecular weight is 501 g/mol. The van der Waals surface area contributed by atoms with Gasteiger partial charge >= 0.3 is 0 Å². The molecule has 8 nitrogen and oxygen atoms in total. The third-order valence-corrected chi connectivity index (χ3v) is 5.64. The fraction of sp³-hybridized carbons (Fsp3) is 0.500. The highest BCUT2D eigenvalue weighted by Crippen LogP contribution is 2.33. The zero-order valence-corrected chi connectivity index (χ0v) is 21.4. The molecule has 2 aromatic carbocycles. The van der Waals surface area contributed by atoms with Gasteiger partial charge in [0, 0.05) is 11.1 Å². The molecular weight excluding hydrogens is 464 g/mol. The molecule has 0 amide bonds. The zero-order valence-electron chi connectivity index (χ0n) is 21.4. The Hall–Kier alpha value is -3.10. The van der Waals surface area contributed by atoms with Crippen LogP contribution in [0.2, 0.25) is 0 Å². The molecule has 0 unspecified atom stereocenters. The van der Waals surface area contributed by atoms with Gasteiger partial charge in [0.25, 0.3) is 0 Å². The highest BCUT2D eigenvalue weighted by molar-refractivity contribution is 5.96. The molecule has 3 rings (SSSR count). The third kappa shape index (κ3) is 8.24. The van der Waals surface area contributed by atoms with Crippen LogP contribution in [0.5, 0.6) is 23.0 Å². The van der Waals surface area contributed by atoms with Crippen molar-refractivity contribution in [2.24, 2.45) is 0 Å². The Bertz CT molecular complexity index is 1020. The minimum absolute atomic E-state index is 0.00287. The molecule has 0 aromatic heterocycles. The van der Waals surface area contributed by atoms with Gasteiger partial charge in [-0.15, -0.1) is 0 Å². The predicted molar refractivity (Wildman–Crippen MR) is 135 cm³/mol. The summed E-state index contributed by atoms with van der Waals surface area (Å²) in [6, 6.07) is 8.78. The van der Waals surface area contributed by atoms with E-state index in [4.69, 9.17) is 28.4 Å². The molecule has 8 heteroatoms. The van der Waals surface area contributed by atoms with Crippen molar-refractivity contribution >= 4 is 11.6 Å². The number of Topliss-reactive ketones (excluding diaryl/α,β-unsaturated/α-hetero) is 2. The molecule has 0 fully saturated rings. The quantitative estimate of drug-likeness (QED) is 0.546. The number of fused-ring (bicyclic) bond motifs is 2. The van der Waals surface area contributed by atoms with Crippen LogP contribution in [0.25, 0.3) is 0 Å². The summed E-state index contributed by atoms with van der Waals surface area (Å²) in [7, 11) is 0. The Morgan fingerprint density at radius 2 is 1.19 bits per heavy atom. The summed E-state index contributed by atoms with van der Waals surface area (Å²) in [5.41, 5.74) is 2.16. The van der Waals surface area contributed by atoms with Crippen molar-refractivity contribution < 1.29 is 38.0 Å². The van der Waals surface area contributed by atoms with Crippen LogP contribution < -0.4 is 18.9 Å². The van der Waals surface area contributed by atoms with E-state index in [-0.39, 0.29) is 24.8 Å². The maximum absolute atomic E-state index is 12.3. The van der Waals surface area contributed by atoms with Crippen LogP contribution in [0.15, 0.2) is 30.3 Å². The number of hydrogen-bond acceptors (Lipinski definition) is 8. The first-order chi connectivity index (χ1) is 17.5. The van der Waals surface area contributed by atoms with E-state index in [1.54, 1.807) is 31.2 Å². The molecular formula is C28H36O8. The van der Waals surface area contributed by atoms with Crippen LogP contribution in [-0.4, -0.2) is 64.4 Å². The van der Waals surface area contributed by atoms with Crippen LogP contribution in [0.3, 0.4) is 0 Å². The Kier molecular flexibility index (Phi) is 11.0. The van der Waals surface area contributed by atoms with E-state index in [1.165, 1.54) is 6.92 Å². The zero-order chi connectivity index (χ0) is 25.8. The Labute approximate surface area is 212 Å². The number of carbonyl (C=O) groups excluding carboxylic acids is 2. The molecule has 1 aliphatic heterocycles. The Balaban J connectivity index is 1.70. The third-order valence-electron chi connectivity index (χ3n) is 5.64.